The van der Waals surface area contributed by atoms with Gasteiger partial charge in [-0.15, -0.1) is 10.2 Å². The second kappa shape index (κ2) is 7.16. The minimum absolute atomic E-state index is 0.197. The number of hydrogen-bond acceptors (Lipinski definition) is 6. The summed E-state index contributed by atoms with van der Waals surface area (Å²) in [7, 11) is -3.67. The second-order valence-electron chi connectivity index (χ2n) is 6.65. The van der Waals surface area contributed by atoms with Gasteiger partial charge in [0, 0.05) is 10.8 Å². The van der Waals surface area contributed by atoms with Gasteiger partial charge in [-0.1, -0.05) is 48.5 Å². The van der Waals surface area contributed by atoms with E-state index in [0.29, 0.717) is 39.2 Å². The molecule has 0 spiro atoms. The maximum absolute atomic E-state index is 12.6. The van der Waals surface area contributed by atoms with Crippen molar-refractivity contribution in [2.45, 2.75) is 4.90 Å². The molecule has 0 aliphatic carbocycles. The molecule has 4 aromatic rings. The molecule has 0 atom stereocenters. The van der Waals surface area contributed by atoms with Crippen molar-refractivity contribution in [3.63, 3.8) is 0 Å². The highest BCUT2D eigenvalue weighted by molar-refractivity contribution is 7.93. The third-order valence-electron chi connectivity index (χ3n) is 4.67. The number of nitrogens with one attached hydrogen (secondary N) is 1. The van der Waals surface area contributed by atoms with Crippen molar-refractivity contribution in [2.75, 3.05) is 4.72 Å². The van der Waals surface area contributed by atoms with Crippen molar-refractivity contribution in [3.05, 3.63) is 84.9 Å². The molecule has 0 fully saturated rings. The van der Waals surface area contributed by atoms with Crippen molar-refractivity contribution < 1.29 is 8.42 Å². The summed E-state index contributed by atoms with van der Waals surface area (Å²) in [6.07, 6.45) is 0. The smallest absolute Gasteiger partial charge is 0.262 e. The number of anilines is 1. The standard InChI is InChI=1S/C22H15N5O2S/c28-30(29)20-13-7-12-17-18(25-23-15-8-3-1-4-9-15)14-19(22(27-30)21(17)20)26-24-16-10-5-2-6-11-16/h1-14,27H. The molecule has 0 saturated carbocycles. The lowest BCUT2D eigenvalue weighted by atomic mass is 10.1. The highest BCUT2D eigenvalue weighted by atomic mass is 32.2. The summed E-state index contributed by atoms with van der Waals surface area (Å²) in [5.41, 5.74) is 2.64. The third kappa shape index (κ3) is 3.23. The van der Waals surface area contributed by atoms with Crippen LogP contribution in [0, 0.1) is 0 Å². The molecule has 1 N–H and O–H groups in total. The van der Waals surface area contributed by atoms with E-state index in [2.05, 4.69) is 25.2 Å². The van der Waals surface area contributed by atoms with Crippen LogP contribution >= 0.6 is 0 Å². The Kier molecular flexibility index (Phi) is 4.33. The summed E-state index contributed by atoms with van der Waals surface area (Å²) < 4.78 is 27.8. The normalized spacial score (nSPS) is 14.5. The molecule has 0 saturated heterocycles. The van der Waals surface area contributed by atoms with E-state index in [1.807, 2.05) is 66.7 Å². The van der Waals surface area contributed by atoms with Crippen LogP contribution in [0.3, 0.4) is 0 Å². The Hall–Kier alpha value is -3.91. The van der Waals surface area contributed by atoms with Gasteiger partial charge in [-0.05, 0) is 36.4 Å². The van der Waals surface area contributed by atoms with E-state index in [-0.39, 0.29) is 4.90 Å². The molecule has 0 bridgehead atoms. The third-order valence-corrected chi connectivity index (χ3v) is 6.06. The highest BCUT2D eigenvalue weighted by Crippen LogP contribution is 2.48. The van der Waals surface area contributed by atoms with Gasteiger partial charge in [0.15, 0.2) is 0 Å². The van der Waals surface area contributed by atoms with Gasteiger partial charge in [-0.3, -0.25) is 4.72 Å². The van der Waals surface area contributed by atoms with Crippen molar-refractivity contribution in [3.8, 4) is 0 Å². The van der Waals surface area contributed by atoms with Crippen LogP contribution in [0.2, 0.25) is 0 Å². The monoisotopic (exact) mass is 413 g/mol. The molecule has 1 aliphatic heterocycles. The number of rotatable bonds is 4. The van der Waals surface area contributed by atoms with Crippen molar-refractivity contribution in [2.24, 2.45) is 20.5 Å². The van der Waals surface area contributed by atoms with Gasteiger partial charge in [-0.25, -0.2) is 8.42 Å². The quantitative estimate of drug-likeness (QED) is 0.373. The molecular weight excluding hydrogens is 398 g/mol. The number of benzene rings is 4. The van der Waals surface area contributed by atoms with Crippen molar-refractivity contribution >= 4 is 49.2 Å². The predicted octanol–water partition coefficient (Wildman–Crippen LogP) is 6.78. The lowest BCUT2D eigenvalue weighted by molar-refractivity contribution is 0.603. The largest absolute Gasteiger partial charge is 0.277 e. The molecule has 8 heteroatoms. The summed E-state index contributed by atoms with van der Waals surface area (Å²) in [6.45, 7) is 0. The van der Waals surface area contributed by atoms with Gasteiger partial charge < -0.3 is 0 Å². The molecule has 5 rings (SSSR count). The van der Waals surface area contributed by atoms with E-state index in [4.69, 9.17) is 0 Å². The van der Waals surface area contributed by atoms with Gasteiger partial charge in [0.25, 0.3) is 10.0 Å². The number of sulfonamides is 1. The Morgan fingerprint density at radius 2 is 1.23 bits per heavy atom. The SMILES string of the molecule is O=S1(=O)Nc2c(N=Nc3ccccc3)cc(N=Nc3ccccc3)c3cccc1c23. The minimum Gasteiger partial charge on any atom is -0.277 e. The first kappa shape index (κ1) is 18.1. The first-order valence-electron chi connectivity index (χ1n) is 9.18. The fourth-order valence-electron chi connectivity index (χ4n) is 3.30. The van der Waals surface area contributed by atoms with Crippen LogP contribution in [-0.2, 0) is 10.0 Å². The van der Waals surface area contributed by atoms with E-state index < -0.39 is 10.0 Å². The van der Waals surface area contributed by atoms with Crippen molar-refractivity contribution in [1.29, 1.82) is 0 Å². The molecule has 0 aromatic heterocycles. The maximum atomic E-state index is 12.6. The summed E-state index contributed by atoms with van der Waals surface area (Å²) >= 11 is 0. The van der Waals surface area contributed by atoms with E-state index in [9.17, 15) is 8.42 Å². The molecule has 1 aliphatic rings. The van der Waals surface area contributed by atoms with Crippen LogP contribution in [0.4, 0.5) is 28.4 Å². The van der Waals surface area contributed by atoms with Gasteiger partial charge in [0.05, 0.1) is 27.6 Å². The van der Waals surface area contributed by atoms with Crippen LogP contribution in [0.15, 0.2) is 110 Å². The minimum atomic E-state index is -3.67. The zero-order valence-electron chi connectivity index (χ0n) is 15.6. The molecule has 7 nitrogen and oxygen atoms in total. The Balaban J connectivity index is 1.70. The van der Waals surface area contributed by atoms with Gasteiger partial charge in [0.1, 0.15) is 5.69 Å². The zero-order chi connectivity index (χ0) is 20.6. The first-order valence-corrected chi connectivity index (χ1v) is 10.7. The van der Waals surface area contributed by atoms with Gasteiger partial charge >= 0.3 is 0 Å². The summed E-state index contributed by atoms with van der Waals surface area (Å²) in [5.74, 6) is 0. The van der Waals surface area contributed by atoms with Gasteiger partial charge in [0.2, 0.25) is 0 Å². The van der Waals surface area contributed by atoms with Crippen LogP contribution in [0.25, 0.3) is 10.8 Å². The average molecular weight is 413 g/mol. The van der Waals surface area contributed by atoms with Crippen LogP contribution < -0.4 is 4.72 Å². The first-order chi connectivity index (χ1) is 14.6. The number of hydrogen-bond donors (Lipinski definition) is 1. The predicted molar refractivity (Wildman–Crippen MR) is 116 cm³/mol. The summed E-state index contributed by atoms with van der Waals surface area (Å²) in [4.78, 5) is 0.197. The van der Waals surface area contributed by atoms with E-state index in [1.165, 1.54) is 0 Å². The lowest BCUT2D eigenvalue weighted by Crippen LogP contribution is -2.06. The highest BCUT2D eigenvalue weighted by Gasteiger charge is 2.30. The molecular formula is C22H15N5O2S. The molecule has 30 heavy (non-hydrogen) atoms. The van der Waals surface area contributed by atoms with E-state index >= 15 is 0 Å². The fraction of sp³-hybridized carbons (Fsp3) is 0. The summed E-state index contributed by atoms with van der Waals surface area (Å²) in [6, 6.07) is 25.3. The van der Waals surface area contributed by atoms with E-state index in [1.54, 1.807) is 18.2 Å². The fourth-order valence-corrected chi connectivity index (χ4v) is 4.62. The van der Waals surface area contributed by atoms with Crippen LogP contribution in [-0.4, -0.2) is 8.42 Å². The number of nitrogens with zero attached hydrogens (tertiary/aromatic N) is 4. The Morgan fingerprint density at radius 3 is 1.87 bits per heavy atom. The molecule has 0 unspecified atom stereocenters. The maximum Gasteiger partial charge on any atom is 0.262 e. The molecule has 4 aromatic carbocycles. The van der Waals surface area contributed by atoms with Gasteiger partial charge in [-0.2, -0.15) is 10.2 Å². The Morgan fingerprint density at radius 1 is 0.633 bits per heavy atom. The summed E-state index contributed by atoms with van der Waals surface area (Å²) in [5, 5.41) is 18.4. The number of azo groups is 2. The molecule has 0 amide bonds. The Bertz CT molecular complexity index is 1420. The molecule has 1 heterocycles. The molecule has 146 valence electrons. The Labute approximate surface area is 172 Å². The lowest BCUT2D eigenvalue weighted by Gasteiger charge is -2.06. The molecule has 0 radical (unpaired) electrons. The van der Waals surface area contributed by atoms with Crippen LogP contribution in [0.1, 0.15) is 0 Å². The van der Waals surface area contributed by atoms with Crippen molar-refractivity contribution in [1.82, 2.24) is 0 Å². The van der Waals surface area contributed by atoms with Crippen LogP contribution in [0.5, 0.6) is 0 Å². The second-order valence-corrected chi connectivity index (χ2v) is 8.30. The average Bonchev–Trinajstić information content (AvgIpc) is 3.06. The van der Waals surface area contributed by atoms with E-state index in [0.717, 1.165) is 0 Å². The topological polar surface area (TPSA) is 95.6 Å². The zero-order valence-corrected chi connectivity index (χ0v) is 16.4.